The van der Waals surface area contributed by atoms with Gasteiger partial charge < -0.3 is 4.74 Å². The first-order valence-electron chi connectivity index (χ1n) is 15.5. The van der Waals surface area contributed by atoms with Crippen molar-refractivity contribution < 1.29 is 4.74 Å². The lowest BCUT2D eigenvalue weighted by Gasteiger charge is -2.12. The van der Waals surface area contributed by atoms with E-state index in [0.717, 1.165) is 89.1 Å². The molecular weight excluding hydrogens is 568 g/mol. The highest BCUT2D eigenvalue weighted by Crippen LogP contribution is 2.37. The molecule has 6 aromatic heterocycles. The predicted molar refractivity (Wildman–Crippen MR) is 185 cm³/mol. The highest BCUT2D eigenvalue weighted by Gasteiger charge is 2.18. The first-order chi connectivity index (χ1) is 22.4. The van der Waals surface area contributed by atoms with Gasteiger partial charge in [-0.25, -0.2) is 15.0 Å². The molecule has 0 aliphatic heterocycles. The molecule has 0 aliphatic rings. The van der Waals surface area contributed by atoms with Gasteiger partial charge in [-0.2, -0.15) is 0 Å². The van der Waals surface area contributed by atoms with Gasteiger partial charge >= 0.3 is 0 Å². The monoisotopic (exact) mass is 598 g/mol. The summed E-state index contributed by atoms with van der Waals surface area (Å²) in [6.07, 6.45) is 5.80. The van der Waals surface area contributed by atoms with Crippen molar-refractivity contribution in [2.24, 2.45) is 0 Å². The van der Waals surface area contributed by atoms with E-state index in [1.54, 1.807) is 0 Å². The molecular formula is C39H30N6O. The summed E-state index contributed by atoms with van der Waals surface area (Å²) >= 11 is 0. The lowest BCUT2D eigenvalue weighted by Crippen LogP contribution is -1.95. The molecule has 9 aromatic rings. The van der Waals surface area contributed by atoms with Crippen molar-refractivity contribution in [1.29, 1.82) is 0 Å². The summed E-state index contributed by atoms with van der Waals surface area (Å²) in [6, 6.07) is 25.0. The minimum absolute atomic E-state index is 0.731. The number of aromatic nitrogens is 6. The van der Waals surface area contributed by atoms with Crippen molar-refractivity contribution in [3.8, 4) is 22.8 Å². The molecule has 7 nitrogen and oxygen atoms in total. The lowest BCUT2D eigenvalue weighted by atomic mass is 9.98. The van der Waals surface area contributed by atoms with Crippen LogP contribution in [-0.4, -0.2) is 28.7 Å². The van der Waals surface area contributed by atoms with Gasteiger partial charge in [0.25, 0.3) is 0 Å². The average molecular weight is 599 g/mol. The largest absolute Gasteiger partial charge is 0.457 e. The quantitative estimate of drug-likeness (QED) is 0.190. The van der Waals surface area contributed by atoms with Crippen molar-refractivity contribution in [1.82, 2.24) is 28.7 Å². The van der Waals surface area contributed by atoms with Crippen LogP contribution in [0.25, 0.3) is 66.2 Å². The SMILES string of the molecule is Cc1cc(C)c(-c2cn3c4ncccc4c4ccc(Oc5ccc6c(c5)c5nc(C)c(C)n5c5cccnc65)cc4c3n2)c(C)c1. The molecule has 0 aliphatic carbocycles. The highest BCUT2D eigenvalue weighted by molar-refractivity contribution is 6.12. The zero-order valence-corrected chi connectivity index (χ0v) is 26.3. The van der Waals surface area contributed by atoms with E-state index in [4.69, 9.17) is 24.7 Å². The van der Waals surface area contributed by atoms with Gasteiger partial charge in [0.2, 0.25) is 0 Å². The van der Waals surface area contributed by atoms with Gasteiger partial charge in [0, 0.05) is 51.4 Å². The number of ether oxygens (including phenoxy) is 1. The topological polar surface area (TPSA) is 69.6 Å². The zero-order chi connectivity index (χ0) is 31.3. The van der Waals surface area contributed by atoms with Crippen molar-refractivity contribution in [2.45, 2.75) is 34.6 Å². The number of nitrogens with zero attached hydrogens (tertiary/aromatic N) is 6. The van der Waals surface area contributed by atoms with Crippen LogP contribution in [0.5, 0.6) is 11.5 Å². The second-order valence-corrected chi connectivity index (χ2v) is 12.3. The molecule has 3 aromatic carbocycles. The Hall–Kier alpha value is -5.82. The number of rotatable bonds is 3. The molecule has 46 heavy (non-hydrogen) atoms. The third kappa shape index (κ3) is 3.78. The summed E-state index contributed by atoms with van der Waals surface area (Å²) < 4.78 is 10.9. The van der Waals surface area contributed by atoms with Crippen molar-refractivity contribution in [3.05, 3.63) is 119 Å². The molecule has 6 heterocycles. The van der Waals surface area contributed by atoms with Crippen LogP contribution in [0, 0.1) is 34.6 Å². The van der Waals surface area contributed by atoms with Crippen molar-refractivity contribution >= 4 is 54.9 Å². The van der Waals surface area contributed by atoms with E-state index in [1.165, 1.54) is 16.7 Å². The molecule has 0 fully saturated rings. The van der Waals surface area contributed by atoms with E-state index in [2.05, 4.69) is 91.2 Å². The van der Waals surface area contributed by atoms with E-state index in [-0.39, 0.29) is 0 Å². The number of imidazole rings is 2. The summed E-state index contributed by atoms with van der Waals surface area (Å²) in [5, 5.41) is 5.20. The third-order valence-corrected chi connectivity index (χ3v) is 9.27. The molecule has 7 heteroatoms. The fourth-order valence-corrected chi connectivity index (χ4v) is 7.23. The predicted octanol–water partition coefficient (Wildman–Crippen LogP) is 9.39. The van der Waals surface area contributed by atoms with Gasteiger partial charge in [-0.3, -0.25) is 13.8 Å². The van der Waals surface area contributed by atoms with Crippen LogP contribution in [0.2, 0.25) is 0 Å². The van der Waals surface area contributed by atoms with Gasteiger partial charge in [-0.05, 0) is 112 Å². The molecule has 0 bridgehead atoms. The van der Waals surface area contributed by atoms with Crippen molar-refractivity contribution in [2.75, 3.05) is 0 Å². The fraction of sp³-hybridized carbons (Fsp3) is 0.128. The second kappa shape index (κ2) is 9.59. The van der Waals surface area contributed by atoms with Crippen LogP contribution in [0.3, 0.4) is 0 Å². The molecule has 9 rings (SSSR count). The normalized spacial score (nSPS) is 12.0. The van der Waals surface area contributed by atoms with Crippen LogP contribution in [0.4, 0.5) is 0 Å². The zero-order valence-electron chi connectivity index (χ0n) is 26.3. The minimum atomic E-state index is 0.731. The molecule has 0 saturated heterocycles. The van der Waals surface area contributed by atoms with Crippen LogP contribution in [-0.2, 0) is 0 Å². The Bertz CT molecular complexity index is 2710. The van der Waals surface area contributed by atoms with E-state index in [9.17, 15) is 0 Å². The van der Waals surface area contributed by atoms with Crippen LogP contribution in [0.15, 0.2) is 91.4 Å². The molecule has 0 saturated carbocycles. The molecule has 0 radical (unpaired) electrons. The van der Waals surface area contributed by atoms with Crippen LogP contribution in [0.1, 0.15) is 28.1 Å². The maximum atomic E-state index is 6.59. The Kier molecular flexibility index (Phi) is 5.54. The number of pyridine rings is 4. The van der Waals surface area contributed by atoms with Crippen LogP contribution < -0.4 is 4.74 Å². The molecule has 222 valence electrons. The van der Waals surface area contributed by atoms with Gasteiger partial charge in [0.15, 0.2) is 0 Å². The Morgan fingerprint density at radius 1 is 0.609 bits per heavy atom. The molecule has 0 amide bonds. The Morgan fingerprint density at radius 2 is 1.30 bits per heavy atom. The van der Waals surface area contributed by atoms with E-state index >= 15 is 0 Å². The van der Waals surface area contributed by atoms with E-state index < -0.39 is 0 Å². The lowest BCUT2D eigenvalue weighted by molar-refractivity contribution is 0.484. The van der Waals surface area contributed by atoms with E-state index in [0.29, 0.717) is 0 Å². The first-order valence-corrected chi connectivity index (χ1v) is 15.5. The number of hydrogen-bond donors (Lipinski definition) is 0. The summed E-state index contributed by atoms with van der Waals surface area (Å²) in [5.41, 5.74) is 12.5. The maximum Gasteiger partial charge on any atom is 0.147 e. The third-order valence-electron chi connectivity index (χ3n) is 9.27. The fourth-order valence-electron chi connectivity index (χ4n) is 7.23. The second-order valence-electron chi connectivity index (χ2n) is 12.3. The van der Waals surface area contributed by atoms with E-state index in [1.807, 2.05) is 43.6 Å². The maximum absolute atomic E-state index is 6.59. The highest BCUT2D eigenvalue weighted by atomic mass is 16.5. The summed E-state index contributed by atoms with van der Waals surface area (Å²) in [5.74, 6) is 1.46. The summed E-state index contributed by atoms with van der Waals surface area (Å²) in [6.45, 7) is 10.6. The van der Waals surface area contributed by atoms with Gasteiger partial charge in [-0.1, -0.05) is 17.7 Å². The minimum Gasteiger partial charge on any atom is -0.457 e. The van der Waals surface area contributed by atoms with Gasteiger partial charge in [0.1, 0.15) is 28.4 Å². The van der Waals surface area contributed by atoms with Gasteiger partial charge in [0.05, 0.1) is 22.4 Å². The smallest absolute Gasteiger partial charge is 0.147 e. The number of fused-ring (bicyclic) bond motifs is 12. The molecule has 0 N–H and O–H groups in total. The Labute approximate surface area is 264 Å². The molecule has 0 atom stereocenters. The Balaban J connectivity index is 1.23. The average Bonchev–Trinajstić information content (AvgIpc) is 3.62. The summed E-state index contributed by atoms with van der Waals surface area (Å²) in [7, 11) is 0. The number of hydrogen-bond acceptors (Lipinski definition) is 5. The summed E-state index contributed by atoms with van der Waals surface area (Å²) in [4.78, 5) is 19.7. The molecule has 0 spiro atoms. The molecule has 0 unspecified atom stereocenters. The van der Waals surface area contributed by atoms with Crippen LogP contribution >= 0.6 is 0 Å². The number of aryl methyl sites for hydroxylation is 5. The first kappa shape index (κ1) is 26.6. The Morgan fingerprint density at radius 3 is 2.09 bits per heavy atom. The standard InChI is InChI=1S/C39H30N6O/c1-21-16-22(2)35(23(3)17-21)33-20-44-37-30(8-6-15-41-37)28-12-10-26(18-31(28)38(44)43-33)46-27-11-13-29-32(19-27)39-42-24(4)25(5)45(39)34-9-7-14-40-36(29)34/h6-20H,1-5H3. The van der Waals surface area contributed by atoms with Crippen molar-refractivity contribution in [3.63, 3.8) is 0 Å². The number of benzene rings is 3. The van der Waals surface area contributed by atoms with Gasteiger partial charge in [-0.15, -0.1) is 0 Å².